The van der Waals surface area contributed by atoms with Crippen LogP contribution in [0.25, 0.3) is 10.8 Å². The first kappa shape index (κ1) is 25.3. The van der Waals surface area contributed by atoms with E-state index in [1.54, 1.807) is 32.9 Å². The van der Waals surface area contributed by atoms with Crippen LogP contribution >= 0.6 is 0 Å². The van der Waals surface area contributed by atoms with Crippen LogP contribution in [0, 0.1) is 18.8 Å². The number of fused-ring (bicyclic) bond motifs is 1. The van der Waals surface area contributed by atoms with E-state index in [1.807, 2.05) is 58.9 Å². The predicted molar refractivity (Wildman–Crippen MR) is 127 cm³/mol. The van der Waals surface area contributed by atoms with Gasteiger partial charge in [-0.25, -0.2) is 8.42 Å². The van der Waals surface area contributed by atoms with Crippen LogP contribution in [0.4, 0.5) is 0 Å². The summed E-state index contributed by atoms with van der Waals surface area (Å²) < 4.78 is 34.5. The van der Waals surface area contributed by atoms with Gasteiger partial charge in [-0.15, -0.1) is 0 Å². The average molecular weight is 448 g/mol. The Bertz CT molecular complexity index is 1020. The highest BCUT2D eigenvalue weighted by Crippen LogP contribution is 2.28. The predicted octanol–water partition coefficient (Wildman–Crippen LogP) is 5.55. The fourth-order valence-corrected chi connectivity index (χ4v) is 5.28. The quantitative estimate of drug-likeness (QED) is 0.498. The molecule has 0 aliphatic carbocycles. The summed E-state index contributed by atoms with van der Waals surface area (Å²) in [4.78, 5) is 13.3. The van der Waals surface area contributed by atoms with Crippen molar-refractivity contribution < 1.29 is 17.9 Å². The van der Waals surface area contributed by atoms with Crippen LogP contribution in [0.3, 0.4) is 0 Å². The molecule has 0 aliphatic rings. The van der Waals surface area contributed by atoms with Crippen LogP contribution in [-0.2, 0) is 19.6 Å². The van der Waals surface area contributed by atoms with Crippen molar-refractivity contribution in [2.75, 3.05) is 6.54 Å². The van der Waals surface area contributed by atoms with Gasteiger partial charge in [0.15, 0.2) is 0 Å². The highest BCUT2D eigenvalue weighted by Gasteiger charge is 2.40. The lowest BCUT2D eigenvalue weighted by molar-refractivity contribution is -0.161. The average Bonchev–Trinajstić information content (AvgIpc) is 2.62. The largest absolute Gasteiger partial charge is 0.459 e. The second-order valence-corrected chi connectivity index (χ2v) is 11.9. The van der Waals surface area contributed by atoms with Crippen molar-refractivity contribution in [2.45, 2.75) is 78.3 Å². The maximum absolute atomic E-state index is 13.8. The molecule has 2 aromatic rings. The van der Waals surface area contributed by atoms with Gasteiger partial charge in [-0.3, -0.25) is 4.79 Å². The number of esters is 1. The molecular weight excluding hydrogens is 410 g/mol. The Morgan fingerprint density at radius 3 is 2.13 bits per heavy atom. The zero-order valence-electron chi connectivity index (χ0n) is 20.1. The Kier molecular flexibility index (Phi) is 7.93. The standard InChI is InChI=1S/C25H37NO4S/c1-17(2)13-14-26(23(18(3)4)24(27)30-25(6,7)8)31(28,29)22-12-11-20-15-19(5)9-10-21(20)16-22/h9-12,15-18,23H,13-14H2,1-8H3/t23-/m0/s1. The van der Waals surface area contributed by atoms with Crippen LogP contribution < -0.4 is 0 Å². The van der Waals surface area contributed by atoms with Crippen molar-refractivity contribution in [1.82, 2.24) is 4.31 Å². The minimum Gasteiger partial charge on any atom is -0.459 e. The minimum atomic E-state index is -3.91. The Labute approximate surface area is 187 Å². The van der Waals surface area contributed by atoms with E-state index in [2.05, 4.69) is 0 Å². The molecule has 0 radical (unpaired) electrons. The molecule has 2 rings (SSSR count). The lowest BCUT2D eigenvalue weighted by atomic mass is 10.0. The second kappa shape index (κ2) is 9.70. The molecule has 0 amide bonds. The topological polar surface area (TPSA) is 63.7 Å². The molecule has 5 nitrogen and oxygen atoms in total. The molecule has 0 saturated heterocycles. The molecule has 0 heterocycles. The molecule has 0 N–H and O–H groups in total. The van der Waals surface area contributed by atoms with Crippen molar-refractivity contribution in [2.24, 2.45) is 11.8 Å². The number of hydrogen-bond acceptors (Lipinski definition) is 4. The van der Waals surface area contributed by atoms with E-state index in [9.17, 15) is 13.2 Å². The van der Waals surface area contributed by atoms with Crippen molar-refractivity contribution in [3.05, 3.63) is 42.0 Å². The number of carbonyl (C=O) groups excluding carboxylic acids is 1. The van der Waals surface area contributed by atoms with Crippen molar-refractivity contribution in [1.29, 1.82) is 0 Å². The van der Waals surface area contributed by atoms with E-state index in [1.165, 1.54) is 4.31 Å². The SMILES string of the molecule is Cc1ccc2cc(S(=O)(=O)N(CCC(C)C)[C@H](C(=O)OC(C)(C)C)C(C)C)ccc2c1. The number of rotatable bonds is 8. The van der Waals surface area contributed by atoms with Crippen LogP contribution in [0.2, 0.25) is 0 Å². The fourth-order valence-electron chi connectivity index (χ4n) is 3.52. The van der Waals surface area contributed by atoms with Crippen LogP contribution in [-0.4, -0.2) is 36.9 Å². The molecule has 2 aromatic carbocycles. The second-order valence-electron chi connectivity index (χ2n) is 10.0. The zero-order valence-corrected chi connectivity index (χ0v) is 20.9. The summed E-state index contributed by atoms with van der Waals surface area (Å²) in [7, 11) is -3.91. The van der Waals surface area contributed by atoms with Gasteiger partial charge in [-0.1, -0.05) is 57.5 Å². The molecule has 1 atom stereocenters. The third kappa shape index (κ3) is 6.53. The van der Waals surface area contributed by atoms with E-state index in [0.717, 1.165) is 16.3 Å². The maximum Gasteiger partial charge on any atom is 0.325 e. The van der Waals surface area contributed by atoms with E-state index in [-0.39, 0.29) is 17.4 Å². The Hall–Kier alpha value is -1.92. The Morgan fingerprint density at radius 2 is 1.58 bits per heavy atom. The molecule has 0 spiro atoms. The number of hydrogen-bond donors (Lipinski definition) is 0. The summed E-state index contributed by atoms with van der Waals surface area (Å²) in [5.41, 5.74) is 0.421. The van der Waals surface area contributed by atoms with Gasteiger partial charge in [0.25, 0.3) is 0 Å². The number of nitrogens with zero attached hydrogens (tertiary/aromatic N) is 1. The van der Waals surface area contributed by atoms with Crippen LogP contribution in [0.5, 0.6) is 0 Å². The fraction of sp³-hybridized carbons (Fsp3) is 0.560. The van der Waals surface area contributed by atoms with Crippen LogP contribution in [0.1, 0.15) is 60.5 Å². The third-order valence-electron chi connectivity index (χ3n) is 5.09. The van der Waals surface area contributed by atoms with E-state index in [0.29, 0.717) is 12.3 Å². The normalized spacial score (nSPS) is 13.9. The monoisotopic (exact) mass is 447 g/mol. The van der Waals surface area contributed by atoms with Crippen molar-refractivity contribution >= 4 is 26.8 Å². The lowest BCUT2D eigenvalue weighted by Gasteiger charge is -2.34. The van der Waals surface area contributed by atoms with Gasteiger partial charge in [0, 0.05) is 6.54 Å². The van der Waals surface area contributed by atoms with E-state index < -0.39 is 27.6 Å². The van der Waals surface area contributed by atoms with Gasteiger partial charge in [0.05, 0.1) is 4.90 Å². The molecular formula is C25H37NO4S. The summed E-state index contributed by atoms with van der Waals surface area (Å²) in [6, 6.07) is 10.2. The number of benzene rings is 2. The number of ether oxygens (including phenoxy) is 1. The molecule has 0 fully saturated rings. The van der Waals surface area contributed by atoms with Crippen LogP contribution in [0.15, 0.2) is 41.3 Å². The Balaban J connectivity index is 2.55. The number of aryl methyl sites for hydroxylation is 1. The van der Waals surface area contributed by atoms with Gasteiger partial charge in [0.1, 0.15) is 11.6 Å². The van der Waals surface area contributed by atoms with Gasteiger partial charge in [-0.05, 0) is 68.9 Å². The smallest absolute Gasteiger partial charge is 0.325 e. The molecule has 0 bridgehead atoms. The highest BCUT2D eigenvalue weighted by molar-refractivity contribution is 7.89. The lowest BCUT2D eigenvalue weighted by Crippen LogP contribution is -2.50. The van der Waals surface area contributed by atoms with Crippen molar-refractivity contribution in [3.63, 3.8) is 0 Å². The van der Waals surface area contributed by atoms with E-state index in [4.69, 9.17) is 4.74 Å². The third-order valence-corrected chi connectivity index (χ3v) is 6.97. The summed E-state index contributed by atoms with van der Waals surface area (Å²) >= 11 is 0. The summed E-state index contributed by atoms with van der Waals surface area (Å²) in [6.45, 7) is 15.4. The molecule has 0 aliphatic heterocycles. The first-order valence-electron chi connectivity index (χ1n) is 11.0. The van der Waals surface area contributed by atoms with Gasteiger partial charge < -0.3 is 4.74 Å². The number of carbonyl (C=O) groups is 1. The van der Waals surface area contributed by atoms with Crippen molar-refractivity contribution in [3.8, 4) is 0 Å². The molecule has 172 valence electrons. The zero-order chi connectivity index (χ0) is 23.6. The number of sulfonamides is 1. The molecule has 31 heavy (non-hydrogen) atoms. The molecule has 0 unspecified atom stereocenters. The first-order chi connectivity index (χ1) is 14.2. The molecule has 0 aromatic heterocycles. The maximum atomic E-state index is 13.8. The van der Waals surface area contributed by atoms with Gasteiger partial charge in [-0.2, -0.15) is 4.31 Å². The minimum absolute atomic E-state index is 0.196. The first-order valence-corrected chi connectivity index (χ1v) is 12.4. The Morgan fingerprint density at radius 1 is 1.00 bits per heavy atom. The highest BCUT2D eigenvalue weighted by atomic mass is 32.2. The van der Waals surface area contributed by atoms with Gasteiger partial charge in [0.2, 0.25) is 10.0 Å². The summed E-state index contributed by atoms with van der Waals surface area (Å²) in [6.07, 6.45) is 0.651. The summed E-state index contributed by atoms with van der Waals surface area (Å²) in [5, 5.41) is 1.84. The van der Waals surface area contributed by atoms with Gasteiger partial charge >= 0.3 is 5.97 Å². The van der Waals surface area contributed by atoms with E-state index >= 15 is 0 Å². The molecule has 6 heteroatoms. The molecule has 0 saturated carbocycles. The summed E-state index contributed by atoms with van der Waals surface area (Å²) in [5.74, 6) is -0.449.